The molecule has 0 aliphatic heterocycles. The van der Waals surface area contributed by atoms with Crippen molar-refractivity contribution in [3.05, 3.63) is 96.8 Å². The number of carbonyl (C=O) groups is 3. The molecule has 0 bridgehead atoms. The van der Waals surface area contributed by atoms with Crippen LogP contribution in [-0.4, -0.2) is 95.5 Å². The molecule has 0 radical (unpaired) electrons. The highest BCUT2D eigenvalue weighted by molar-refractivity contribution is 5.88. The number of pyridine rings is 3. The molecule has 0 saturated carbocycles. The lowest BCUT2D eigenvalue weighted by Crippen LogP contribution is -2.48. The smallest absolute Gasteiger partial charge is 0.242 e. The number of nitrogens with zero attached hydrogens (tertiary/aromatic N) is 5. The highest BCUT2D eigenvalue weighted by Crippen LogP contribution is 2.26. The standard InChI is InChI=1S/C33H37N7O5/c1-44-18-16-39(23-31(34)41)33(43)24-40(22-25-9-3-2-4-10-25)32(42)21-35-15-17-45-26-19-29(27-11-5-7-13-36-27)38-30(20-26)28-12-6-8-14-37-28/h2-14,19-20,35H,15-18,21-24H2,1H3,(H2,34,41). The second-order valence-corrected chi connectivity index (χ2v) is 10.0. The highest BCUT2D eigenvalue weighted by atomic mass is 16.5. The number of rotatable bonds is 17. The predicted octanol–water partition coefficient (Wildman–Crippen LogP) is 2.16. The Labute approximate surface area is 262 Å². The molecule has 3 heterocycles. The lowest BCUT2D eigenvalue weighted by molar-refractivity contribution is -0.142. The van der Waals surface area contributed by atoms with E-state index in [-0.39, 0.29) is 51.8 Å². The number of hydrogen-bond donors (Lipinski definition) is 2. The van der Waals surface area contributed by atoms with E-state index in [1.807, 2.05) is 78.9 Å². The Kier molecular flexibility index (Phi) is 12.5. The van der Waals surface area contributed by atoms with E-state index < -0.39 is 11.8 Å². The highest BCUT2D eigenvalue weighted by Gasteiger charge is 2.22. The maximum Gasteiger partial charge on any atom is 0.242 e. The molecule has 3 N–H and O–H groups in total. The van der Waals surface area contributed by atoms with Gasteiger partial charge in [0, 0.05) is 51.3 Å². The first-order valence-electron chi connectivity index (χ1n) is 14.5. The van der Waals surface area contributed by atoms with Gasteiger partial charge >= 0.3 is 0 Å². The first-order valence-corrected chi connectivity index (χ1v) is 14.5. The van der Waals surface area contributed by atoms with E-state index in [1.165, 1.54) is 16.9 Å². The molecule has 4 rings (SSSR count). The lowest BCUT2D eigenvalue weighted by atomic mass is 10.2. The largest absolute Gasteiger partial charge is 0.492 e. The number of ether oxygens (including phenoxy) is 2. The van der Waals surface area contributed by atoms with Crippen molar-refractivity contribution in [2.24, 2.45) is 5.73 Å². The number of methoxy groups -OCH3 is 1. The van der Waals surface area contributed by atoms with Crippen molar-refractivity contribution in [3.8, 4) is 28.5 Å². The summed E-state index contributed by atoms with van der Waals surface area (Å²) >= 11 is 0. The molecule has 45 heavy (non-hydrogen) atoms. The summed E-state index contributed by atoms with van der Waals surface area (Å²) in [6.45, 7) is 0.769. The molecule has 12 nitrogen and oxygen atoms in total. The van der Waals surface area contributed by atoms with Crippen LogP contribution in [0.15, 0.2) is 91.3 Å². The fourth-order valence-electron chi connectivity index (χ4n) is 4.41. The van der Waals surface area contributed by atoms with Crippen LogP contribution >= 0.6 is 0 Å². The Morgan fingerprint density at radius 2 is 1.42 bits per heavy atom. The Hall–Kier alpha value is -5.20. The number of carbonyl (C=O) groups excluding carboxylic acids is 3. The average molecular weight is 612 g/mol. The van der Waals surface area contributed by atoms with Gasteiger partial charge in [0.15, 0.2) is 0 Å². The first-order chi connectivity index (χ1) is 21.9. The second kappa shape index (κ2) is 17.2. The summed E-state index contributed by atoms with van der Waals surface area (Å²) in [4.78, 5) is 54.2. The third-order valence-electron chi connectivity index (χ3n) is 6.64. The molecule has 0 unspecified atom stereocenters. The van der Waals surface area contributed by atoms with Crippen LogP contribution in [0, 0.1) is 0 Å². The molecule has 3 aromatic heterocycles. The Morgan fingerprint density at radius 1 is 0.778 bits per heavy atom. The summed E-state index contributed by atoms with van der Waals surface area (Å²) in [6, 6.07) is 24.2. The lowest BCUT2D eigenvalue weighted by Gasteiger charge is -2.27. The van der Waals surface area contributed by atoms with Gasteiger partial charge in [-0.1, -0.05) is 42.5 Å². The van der Waals surface area contributed by atoms with Gasteiger partial charge in [-0.05, 0) is 29.8 Å². The molecular formula is C33H37N7O5. The van der Waals surface area contributed by atoms with Crippen LogP contribution in [0.2, 0.25) is 0 Å². The zero-order valence-electron chi connectivity index (χ0n) is 25.2. The minimum Gasteiger partial charge on any atom is -0.492 e. The average Bonchev–Trinajstić information content (AvgIpc) is 3.07. The fraction of sp³-hybridized carbons (Fsp3) is 0.273. The van der Waals surface area contributed by atoms with Crippen LogP contribution in [0.25, 0.3) is 22.8 Å². The molecule has 0 spiro atoms. The van der Waals surface area contributed by atoms with Crippen molar-refractivity contribution in [1.82, 2.24) is 30.1 Å². The normalized spacial score (nSPS) is 10.7. The molecule has 0 fully saturated rings. The van der Waals surface area contributed by atoms with Crippen LogP contribution in [0.1, 0.15) is 5.56 Å². The van der Waals surface area contributed by atoms with Gasteiger partial charge in [0.25, 0.3) is 0 Å². The first kappa shape index (κ1) is 32.7. The topological polar surface area (TPSA) is 153 Å². The van der Waals surface area contributed by atoms with Crippen LogP contribution in [0.3, 0.4) is 0 Å². The molecule has 3 amide bonds. The van der Waals surface area contributed by atoms with Crippen LogP contribution in [0.5, 0.6) is 5.75 Å². The SMILES string of the molecule is COCCN(CC(N)=O)C(=O)CN(Cc1ccccc1)C(=O)CNCCOc1cc(-c2ccccn2)nc(-c2ccccn2)c1. The van der Waals surface area contributed by atoms with E-state index in [9.17, 15) is 14.4 Å². The molecule has 0 aliphatic rings. The van der Waals surface area contributed by atoms with Crippen molar-refractivity contribution in [3.63, 3.8) is 0 Å². The summed E-state index contributed by atoms with van der Waals surface area (Å²) in [7, 11) is 1.50. The second-order valence-electron chi connectivity index (χ2n) is 10.0. The Morgan fingerprint density at radius 3 is 2.00 bits per heavy atom. The van der Waals surface area contributed by atoms with Gasteiger partial charge in [-0.2, -0.15) is 0 Å². The molecule has 0 atom stereocenters. The monoisotopic (exact) mass is 611 g/mol. The van der Waals surface area contributed by atoms with Gasteiger partial charge in [0.1, 0.15) is 18.9 Å². The maximum absolute atomic E-state index is 13.3. The number of amides is 3. The van der Waals surface area contributed by atoms with Crippen LogP contribution in [0.4, 0.5) is 0 Å². The van der Waals surface area contributed by atoms with Crippen molar-refractivity contribution >= 4 is 17.7 Å². The zero-order chi connectivity index (χ0) is 31.9. The van der Waals surface area contributed by atoms with Crippen LogP contribution < -0.4 is 15.8 Å². The van der Waals surface area contributed by atoms with Crippen molar-refractivity contribution in [1.29, 1.82) is 0 Å². The number of benzene rings is 1. The Balaban J connectivity index is 1.38. The van der Waals surface area contributed by atoms with Gasteiger partial charge in [-0.15, -0.1) is 0 Å². The zero-order valence-corrected chi connectivity index (χ0v) is 25.2. The third kappa shape index (κ3) is 10.5. The molecule has 1 aromatic carbocycles. The van der Waals surface area contributed by atoms with E-state index in [1.54, 1.807) is 12.4 Å². The Bertz CT molecular complexity index is 1470. The van der Waals surface area contributed by atoms with Crippen molar-refractivity contribution < 1.29 is 23.9 Å². The number of aromatic nitrogens is 3. The number of hydrogen-bond acceptors (Lipinski definition) is 9. The summed E-state index contributed by atoms with van der Waals surface area (Å²) in [5.41, 5.74) is 8.91. The fourth-order valence-corrected chi connectivity index (χ4v) is 4.41. The predicted molar refractivity (Wildman–Crippen MR) is 169 cm³/mol. The van der Waals surface area contributed by atoms with E-state index in [2.05, 4.69) is 15.3 Å². The molecule has 0 saturated heterocycles. The molecule has 0 aliphatic carbocycles. The van der Waals surface area contributed by atoms with Crippen LogP contribution in [-0.2, 0) is 25.7 Å². The summed E-state index contributed by atoms with van der Waals surface area (Å²) in [6.07, 6.45) is 3.41. The van der Waals surface area contributed by atoms with Gasteiger partial charge in [0.05, 0.1) is 42.5 Å². The van der Waals surface area contributed by atoms with E-state index in [4.69, 9.17) is 20.2 Å². The van der Waals surface area contributed by atoms with Crippen molar-refractivity contribution in [2.45, 2.75) is 6.54 Å². The van der Waals surface area contributed by atoms with E-state index in [0.29, 0.717) is 35.1 Å². The summed E-state index contributed by atoms with van der Waals surface area (Å²) in [5.74, 6) is -0.739. The minimum atomic E-state index is -0.643. The quantitative estimate of drug-likeness (QED) is 0.171. The van der Waals surface area contributed by atoms with Gasteiger partial charge in [0.2, 0.25) is 17.7 Å². The maximum atomic E-state index is 13.3. The number of primary amides is 1. The number of nitrogens with one attached hydrogen (secondary N) is 1. The molecule has 12 heteroatoms. The number of nitrogens with two attached hydrogens (primary N) is 1. The molecule has 234 valence electrons. The van der Waals surface area contributed by atoms with Gasteiger partial charge in [-0.3, -0.25) is 24.4 Å². The van der Waals surface area contributed by atoms with Crippen molar-refractivity contribution in [2.75, 3.05) is 53.0 Å². The van der Waals surface area contributed by atoms with Gasteiger partial charge in [-0.25, -0.2) is 4.98 Å². The molecule has 4 aromatic rings. The summed E-state index contributed by atoms with van der Waals surface area (Å²) < 4.78 is 11.1. The molecular weight excluding hydrogens is 574 g/mol. The van der Waals surface area contributed by atoms with E-state index >= 15 is 0 Å². The minimum absolute atomic E-state index is 0.0217. The summed E-state index contributed by atoms with van der Waals surface area (Å²) in [5, 5.41) is 3.11. The van der Waals surface area contributed by atoms with Gasteiger partial charge < -0.3 is 30.3 Å². The third-order valence-corrected chi connectivity index (χ3v) is 6.64. The van der Waals surface area contributed by atoms with E-state index in [0.717, 1.165) is 5.56 Å².